The predicted octanol–water partition coefficient (Wildman–Crippen LogP) is 2.00. The minimum Gasteiger partial charge on any atom is -0.481 e. The first-order chi connectivity index (χ1) is 9.45. The van der Waals surface area contributed by atoms with Gasteiger partial charge < -0.3 is 14.4 Å². The zero-order chi connectivity index (χ0) is 14.9. The number of hydrogen-bond acceptors (Lipinski definition) is 5. The van der Waals surface area contributed by atoms with Crippen molar-refractivity contribution in [2.75, 3.05) is 5.75 Å². The van der Waals surface area contributed by atoms with Gasteiger partial charge in [0.2, 0.25) is 0 Å². The van der Waals surface area contributed by atoms with Gasteiger partial charge in [0.1, 0.15) is 5.82 Å². The molecule has 2 heterocycles. The fraction of sp³-hybridized carbons (Fsp3) is 0.769. The van der Waals surface area contributed by atoms with E-state index in [1.54, 1.807) is 0 Å². The number of hydrogen-bond donors (Lipinski definition) is 1. The van der Waals surface area contributed by atoms with Crippen molar-refractivity contribution in [3.05, 3.63) is 5.82 Å². The molecule has 4 unspecified atom stereocenters. The normalized spacial score (nSPS) is 29.8. The molecule has 0 saturated carbocycles. The first-order valence-electron chi connectivity index (χ1n) is 6.88. The Morgan fingerprint density at radius 3 is 2.55 bits per heavy atom. The summed E-state index contributed by atoms with van der Waals surface area (Å²) in [6, 6.07) is 0. The molecule has 20 heavy (non-hydrogen) atoms. The number of ether oxygens (including phenoxy) is 1. The van der Waals surface area contributed by atoms with Crippen molar-refractivity contribution in [3.8, 4) is 0 Å². The highest BCUT2D eigenvalue weighted by Gasteiger charge is 2.41. The van der Waals surface area contributed by atoms with E-state index in [0.717, 1.165) is 12.4 Å². The molecule has 1 fully saturated rings. The Labute approximate surface area is 122 Å². The minimum atomic E-state index is -0.846. The first-order valence-corrected chi connectivity index (χ1v) is 7.87. The highest BCUT2D eigenvalue weighted by Crippen LogP contribution is 2.39. The molecule has 0 aromatic carbocycles. The minimum absolute atomic E-state index is 0.000803. The average molecular weight is 299 g/mol. The smallest absolute Gasteiger partial charge is 0.313 e. The second-order valence-electron chi connectivity index (χ2n) is 5.20. The third-order valence-corrected chi connectivity index (χ3v) is 4.88. The molecule has 0 amide bonds. The molecule has 6 nitrogen and oxygen atoms in total. The molecule has 1 aromatic heterocycles. The summed E-state index contributed by atoms with van der Waals surface area (Å²) in [6.07, 6.45) is 0.305. The maximum Gasteiger partial charge on any atom is 0.313 e. The number of carbonyl (C=O) groups is 1. The van der Waals surface area contributed by atoms with Crippen molar-refractivity contribution in [3.63, 3.8) is 0 Å². The van der Waals surface area contributed by atoms with Crippen LogP contribution < -0.4 is 0 Å². The summed E-state index contributed by atoms with van der Waals surface area (Å²) in [5.41, 5.74) is 0. The molecule has 0 bridgehead atoms. The van der Waals surface area contributed by atoms with Gasteiger partial charge in [0.25, 0.3) is 0 Å². The summed E-state index contributed by atoms with van der Waals surface area (Å²) < 4.78 is 7.87. The van der Waals surface area contributed by atoms with Crippen LogP contribution in [0.3, 0.4) is 0 Å². The van der Waals surface area contributed by atoms with Crippen LogP contribution in [0.4, 0.5) is 0 Å². The standard InChI is InChI=1S/C13H21N3O3S/c1-5-16-12(11-7(2)8(3)19-9(11)4)14-15-13(16)20-6-10(17)18/h7-9,11H,5-6H2,1-4H3,(H,17,18). The van der Waals surface area contributed by atoms with E-state index < -0.39 is 5.97 Å². The second-order valence-corrected chi connectivity index (χ2v) is 6.14. The van der Waals surface area contributed by atoms with Crippen LogP contribution in [0.1, 0.15) is 39.4 Å². The van der Waals surface area contributed by atoms with Crippen molar-refractivity contribution >= 4 is 17.7 Å². The molecular weight excluding hydrogens is 278 g/mol. The molecule has 2 rings (SSSR count). The lowest BCUT2D eigenvalue weighted by molar-refractivity contribution is -0.133. The molecule has 1 aromatic rings. The van der Waals surface area contributed by atoms with Crippen LogP contribution in [0.2, 0.25) is 0 Å². The van der Waals surface area contributed by atoms with E-state index in [1.165, 1.54) is 11.8 Å². The highest BCUT2D eigenvalue weighted by molar-refractivity contribution is 7.99. The third kappa shape index (κ3) is 2.83. The summed E-state index contributed by atoms with van der Waals surface area (Å²) in [4.78, 5) is 10.7. The van der Waals surface area contributed by atoms with Gasteiger partial charge in [-0.25, -0.2) is 0 Å². The van der Waals surface area contributed by atoms with Crippen molar-refractivity contribution in [1.29, 1.82) is 0 Å². The summed E-state index contributed by atoms with van der Waals surface area (Å²) in [7, 11) is 0. The summed E-state index contributed by atoms with van der Waals surface area (Å²) in [6.45, 7) is 9.05. The molecule has 7 heteroatoms. The highest BCUT2D eigenvalue weighted by atomic mass is 32.2. The van der Waals surface area contributed by atoms with Crippen LogP contribution in [-0.4, -0.2) is 43.8 Å². The molecule has 4 atom stereocenters. The second kappa shape index (κ2) is 6.13. The Kier molecular flexibility index (Phi) is 4.70. The average Bonchev–Trinajstić information content (AvgIpc) is 2.88. The monoisotopic (exact) mass is 299 g/mol. The molecule has 0 aliphatic carbocycles. The van der Waals surface area contributed by atoms with Crippen LogP contribution in [-0.2, 0) is 16.1 Å². The SMILES string of the molecule is CCn1c(SCC(=O)O)nnc1C1C(C)OC(C)C1C. The van der Waals surface area contributed by atoms with Crippen LogP contribution in [0.15, 0.2) is 5.16 Å². The van der Waals surface area contributed by atoms with Crippen molar-refractivity contribution in [2.24, 2.45) is 5.92 Å². The van der Waals surface area contributed by atoms with Gasteiger partial charge in [-0.2, -0.15) is 0 Å². The van der Waals surface area contributed by atoms with Crippen LogP contribution >= 0.6 is 11.8 Å². The maximum atomic E-state index is 10.7. The number of rotatable bonds is 5. The molecule has 1 aliphatic heterocycles. The van der Waals surface area contributed by atoms with Crippen LogP contribution in [0.5, 0.6) is 0 Å². The van der Waals surface area contributed by atoms with Gasteiger partial charge in [0.05, 0.1) is 23.9 Å². The number of carboxylic acids is 1. The Balaban J connectivity index is 2.26. The Morgan fingerprint density at radius 2 is 2.05 bits per heavy atom. The first kappa shape index (κ1) is 15.3. The Hall–Kier alpha value is -1.08. The van der Waals surface area contributed by atoms with Crippen molar-refractivity contribution < 1.29 is 14.6 Å². The summed E-state index contributed by atoms with van der Waals surface area (Å²) >= 11 is 1.21. The summed E-state index contributed by atoms with van der Waals surface area (Å²) in [5.74, 6) is 0.640. The van der Waals surface area contributed by atoms with E-state index >= 15 is 0 Å². The topological polar surface area (TPSA) is 77.2 Å². The van der Waals surface area contributed by atoms with Gasteiger partial charge in [0.15, 0.2) is 5.16 Å². The Bertz CT molecular complexity index is 491. The fourth-order valence-corrected chi connectivity index (χ4v) is 3.52. The number of nitrogens with zero attached hydrogens (tertiary/aromatic N) is 3. The fourth-order valence-electron chi connectivity index (χ4n) is 2.79. The van der Waals surface area contributed by atoms with Gasteiger partial charge >= 0.3 is 5.97 Å². The molecule has 0 radical (unpaired) electrons. The van der Waals surface area contributed by atoms with E-state index in [9.17, 15) is 4.79 Å². The summed E-state index contributed by atoms with van der Waals surface area (Å²) in [5, 5.41) is 17.9. The van der Waals surface area contributed by atoms with E-state index in [2.05, 4.69) is 31.0 Å². The van der Waals surface area contributed by atoms with Gasteiger partial charge in [0, 0.05) is 6.54 Å². The molecule has 1 N–H and O–H groups in total. The molecule has 0 spiro atoms. The molecule has 1 saturated heterocycles. The third-order valence-electron chi connectivity index (χ3n) is 3.93. The lowest BCUT2D eigenvalue weighted by Crippen LogP contribution is -2.20. The maximum absolute atomic E-state index is 10.7. The Morgan fingerprint density at radius 1 is 1.35 bits per heavy atom. The lowest BCUT2D eigenvalue weighted by atomic mass is 9.89. The molecule has 1 aliphatic rings. The van der Waals surface area contributed by atoms with Gasteiger partial charge in [-0.3, -0.25) is 4.79 Å². The van der Waals surface area contributed by atoms with E-state index in [-0.39, 0.29) is 23.9 Å². The van der Waals surface area contributed by atoms with Gasteiger partial charge in [-0.15, -0.1) is 10.2 Å². The van der Waals surface area contributed by atoms with E-state index in [1.807, 2.05) is 11.5 Å². The van der Waals surface area contributed by atoms with Crippen LogP contribution in [0, 0.1) is 5.92 Å². The lowest BCUT2D eigenvalue weighted by Gasteiger charge is -2.18. The largest absolute Gasteiger partial charge is 0.481 e. The van der Waals surface area contributed by atoms with Gasteiger partial charge in [-0.05, 0) is 26.7 Å². The van der Waals surface area contributed by atoms with Crippen molar-refractivity contribution in [1.82, 2.24) is 14.8 Å². The molecule has 112 valence electrons. The number of thioether (sulfide) groups is 1. The predicted molar refractivity (Wildman–Crippen MR) is 76.0 cm³/mol. The van der Waals surface area contributed by atoms with Gasteiger partial charge in [-0.1, -0.05) is 18.7 Å². The number of aromatic nitrogens is 3. The van der Waals surface area contributed by atoms with E-state index in [4.69, 9.17) is 9.84 Å². The quantitative estimate of drug-likeness (QED) is 0.838. The zero-order valence-electron chi connectivity index (χ0n) is 12.2. The van der Waals surface area contributed by atoms with E-state index in [0.29, 0.717) is 11.1 Å². The zero-order valence-corrected chi connectivity index (χ0v) is 13.1. The number of carboxylic acid groups (broad SMARTS) is 1. The molecular formula is C13H21N3O3S. The van der Waals surface area contributed by atoms with Crippen molar-refractivity contribution in [2.45, 2.75) is 57.5 Å². The van der Waals surface area contributed by atoms with Crippen LogP contribution in [0.25, 0.3) is 0 Å². The number of aliphatic carboxylic acids is 1.